The maximum atomic E-state index is 5.49. The third-order valence-corrected chi connectivity index (χ3v) is 1.27. The third-order valence-electron chi connectivity index (χ3n) is 1.27. The molecule has 1 rings (SSSR count). The molecular formula is C6H10N4. The van der Waals surface area contributed by atoms with Crippen molar-refractivity contribution in [3.8, 4) is 0 Å². The van der Waals surface area contributed by atoms with E-state index in [2.05, 4.69) is 9.98 Å². The summed E-state index contributed by atoms with van der Waals surface area (Å²) in [6.07, 6.45) is 1.82. The quantitative estimate of drug-likeness (QED) is 0.527. The fourth-order valence-electron chi connectivity index (χ4n) is 0.613. The van der Waals surface area contributed by atoms with Crippen LogP contribution in [0, 0.1) is 0 Å². The molecule has 0 bridgehead atoms. The van der Waals surface area contributed by atoms with Crippen LogP contribution in [0.15, 0.2) is 17.3 Å². The first kappa shape index (κ1) is 6.80. The van der Waals surface area contributed by atoms with Gasteiger partial charge in [0.15, 0.2) is 5.49 Å². The second kappa shape index (κ2) is 2.51. The van der Waals surface area contributed by atoms with E-state index in [-0.39, 0.29) is 0 Å². The van der Waals surface area contributed by atoms with E-state index in [9.17, 15) is 0 Å². The molecular weight excluding hydrogens is 128 g/mol. The Morgan fingerprint density at radius 3 is 2.90 bits per heavy atom. The minimum atomic E-state index is 0.475. The van der Waals surface area contributed by atoms with Crippen LogP contribution in [0.4, 0.5) is 5.95 Å². The van der Waals surface area contributed by atoms with Gasteiger partial charge in [0.1, 0.15) is 0 Å². The predicted molar refractivity (Wildman–Crippen MR) is 39.1 cm³/mol. The predicted octanol–water partition coefficient (Wildman–Crippen LogP) is -0.467. The van der Waals surface area contributed by atoms with E-state index in [1.54, 1.807) is 17.7 Å². The van der Waals surface area contributed by atoms with Crippen LogP contribution >= 0.6 is 0 Å². The number of aryl methyl sites for hydroxylation is 1. The van der Waals surface area contributed by atoms with Crippen molar-refractivity contribution >= 4 is 5.95 Å². The van der Waals surface area contributed by atoms with Gasteiger partial charge in [-0.15, -0.1) is 0 Å². The highest BCUT2D eigenvalue weighted by Crippen LogP contribution is 1.86. The molecule has 10 heavy (non-hydrogen) atoms. The number of anilines is 1. The molecule has 0 atom stereocenters. The minimum Gasteiger partial charge on any atom is -0.369 e. The van der Waals surface area contributed by atoms with Gasteiger partial charge in [0.2, 0.25) is 5.95 Å². The van der Waals surface area contributed by atoms with E-state index in [4.69, 9.17) is 5.73 Å². The first-order valence-corrected chi connectivity index (χ1v) is 2.96. The number of aromatic nitrogens is 2. The van der Waals surface area contributed by atoms with Crippen LogP contribution in [0.2, 0.25) is 0 Å². The summed E-state index contributed by atoms with van der Waals surface area (Å²) in [6.45, 7) is 0. The molecule has 1 aromatic heterocycles. The zero-order valence-corrected chi connectivity index (χ0v) is 6.07. The molecule has 2 N–H and O–H groups in total. The zero-order valence-electron chi connectivity index (χ0n) is 6.07. The summed E-state index contributed by atoms with van der Waals surface area (Å²) >= 11 is 0. The smallest absolute Gasteiger partial charge is 0.201 e. The summed E-state index contributed by atoms with van der Waals surface area (Å²) in [6, 6.07) is 1.80. The maximum Gasteiger partial charge on any atom is 0.201 e. The van der Waals surface area contributed by atoms with E-state index in [0.717, 1.165) is 0 Å². The van der Waals surface area contributed by atoms with Gasteiger partial charge in [-0.2, -0.15) is 4.98 Å². The van der Waals surface area contributed by atoms with E-state index in [1.165, 1.54) is 0 Å². The Balaban J connectivity index is 3.31. The zero-order chi connectivity index (χ0) is 7.56. The van der Waals surface area contributed by atoms with Crippen LogP contribution < -0.4 is 11.2 Å². The van der Waals surface area contributed by atoms with Crippen molar-refractivity contribution < 1.29 is 0 Å². The fourth-order valence-corrected chi connectivity index (χ4v) is 0.613. The van der Waals surface area contributed by atoms with E-state index in [0.29, 0.717) is 11.4 Å². The van der Waals surface area contributed by atoms with Gasteiger partial charge in [-0.25, -0.2) is 0 Å². The van der Waals surface area contributed by atoms with Crippen LogP contribution in [0.25, 0.3) is 0 Å². The second-order valence-corrected chi connectivity index (χ2v) is 1.98. The van der Waals surface area contributed by atoms with Gasteiger partial charge in [0, 0.05) is 20.3 Å². The number of nitrogens with zero attached hydrogens (tertiary/aromatic N) is 3. The highest BCUT2D eigenvalue weighted by molar-refractivity contribution is 5.14. The molecule has 4 heteroatoms. The molecule has 0 aromatic carbocycles. The highest BCUT2D eigenvalue weighted by Gasteiger charge is 1.87. The molecule has 0 aliphatic heterocycles. The number of hydrogen-bond acceptors (Lipinski definition) is 3. The Kier molecular flexibility index (Phi) is 1.71. The molecule has 54 valence electrons. The van der Waals surface area contributed by atoms with Crippen LogP contribution in [-0.2, 0) is 7.05 Å². The number of rotatable bonds is 0. The minimum absolute atomic E-state index is 0.475. The highest BCUT2D eigenvalue weighted by atomic mass is 15.1. The average molecular weight is 138 g/mol. The monoisotopic (exact) mass is 138 g/mol. The van der Waals surface area contributed by atoms with Gasteiger partial charge in [0.05, 0.1) is 0 Å². The Morgan fingerprint density at radius 1 is 1.70 bits per heavy atom. The van der Waals surface area contributed by atoms with Gasteiger partial charge in [0.25, 0.3) is 0 Å². The molecule has 0 radical (unpaired) electrons. The van der Waals surface area contributed by atoms with Crippen molar-refractivity contribution in [2.75, 3.05) is 12.8 Å². The molecule has 0 amide bonds. The summed E-state index contributed by atoms with van der Waals surface area (Å²) in [5.74, 6) is 0.475. The number of hydrogen-bond donors (Lipinski definition) is 1. The van der Waals surface area contributed by atoms with Crippen molar-refractivity contribution in [3.63, 3.8) is 0 Å². The van der Waals surface area contributed by atoms with Crippen LogP contribution in [0.5, 0.6) is 0 Å². The average Bonchev–Trinajstić information content (AvgIpc) is 1.95. The van der Waals surface area contributed by atoms with E-state index in [1.807, 2.05) is 13.2 Å². The van der Waals surface area contributed by atoms with E-state index < -0.39 is 0 Å². The Labute approximate surface area is 59.0 Å². The summed E-state index contributed by atoms with van der Waals surface area (Å²) < 4.78 is 1.73. The van der Waals surface area contributed by atoms with Crippen molar-refractivity contribution in [2.45, 2.75) is 0 Å². The molecule has 0 aliphatic carbocycles. The number of nitrogen functional groups attached to an aromatic ring is 1. The topological polar surface area (TPSA) is 56.2 Å². The summed E-state index contributed by atoms with van der Waals surface area (Å²) in [7, 11) is 3.52. The van der Waals surface area contributed by atoms with Gasteiger partial charge in [-0.1, -0.05) is 0 Å². The summed E-state index contributed by atoms with van der Waals surface area (Å²) in [5, 5.41) is 0. The molecule has 0 fully saturated rings. The van der Waals surface area contributed by atoms with Crippen molar-refractivity contribution in [1.29, 1.82) is 0 Å². The molecule has 1 heterocycles. The lowest BCUT2D eigenvalue weighted by Gasteiger charge is -1.99. The normalized spacial score (nSPS) is 12.0. The maximum absolute atomic E-state index is 5.49. The second-order valence-electron chi connectivity index (χ2n) is 1.98. The molecule has 0 spiro atoms. The van der Waals surface area contributed by atoms with Gasteiger partial charge < -0.3 is 10.3 Å². The first-order valence-electron chi connectivity index (χ1n) is 2.96. The third kappa shape index (κ3) is 1.15. The lowest BCUT2D eigenvalue weighted by molar-refractivity contribution is 0.863. The van der Waals surface area contributed by atoms with Crippen LogP contribution in [0.1, 0.15) is 0 Å². The van der Waals surface area contributed by atoms with Gasteiger partial charge in [-0.3, -0.25) is 4.99 Å². The van der Waals surface area contributed by atoms with Crippen LogP contribution in [0.3, 0.4) is 0 Å². The molecule has 0 unspecified atom stereocenters. The largest absolute Gasteiger partial charge is 0.369 e. The molecule has 1 aromatic rings. The summed E-state index contributed by atoms with van der Waals surface area (Å²) in [4.78, 5) is 7.83. The first-order chi connectivity index (χ1) is 4.74. The van der Waals surface area contributed by atoms with Crippen molar-refractivity contribution in [3.05, 3.63) is 17.8 Å². The van der Waals surface area contributed by atoms with Gasteiger partial charge in [-0.05, 0) is 6.07 Å². The SMILES string of the molecule is CN=c1ccn(C)c(N)n1. The van der Waals surface area contributed by atoms with Crippen LogP contribution in [-0.4, -0.2) is 16.6 Å². The fraction of sp³-hybridized carbons (Fsp3) is 0.333. The molecule has 4 nitrogen and oxygen atoms in total. The van der Waals surface area contributed by atoms with Crippen molar-refractivity contribution in [1.82, 2.24) is 9.55 Å². The van der Waals surface area contributed by atoms with E-state index >= 15 is 0 Å². The Hall–Kier alpha value is -1.32. The molecule has 0 saturated carbocycles. The molecule has 0 aliphatic rings. The number of nitrogens with two attached hydrogens (primary N) is 1. The summed E-state index contributed by atoms with van der Waals surface area (Å²) in [5.41, 5.74) is 6.15. The molecule has 0 saturated heterocycles. The standard InChI is InChI=1S/C6H10N4/c1-8-5-3-4-10(2)6(7)9-5/h3-4H,1-2H3,(H2,7,8,9). The van der Waals surface area contributed by atoms with Gasteiger partial charge >= 0.3 is 0 Å². The Bertz CT molecular complexity index is 286. The lowest BCUT2D eigenvalue weighted by Crippen LogP contribution is -2.14. The van der Waals surface area contributed by atoms with Crippen molar-refractivity contribution in [2.24, 2.45) is 12.0 Å². The lowest BCUT2D eigenvalue weighted by atomic mass is 10.6. The Morgan fingerprint density at radius 2 is 2.40 bits per heavy atom.